The molecule has 1 saturated carbocycles. The molecule has 0 saturated heterocycles. The van der Waals surface area contributed by atoms with Crippen molar-refractivity contribution >= 4 is 23.2 Å². The summed E-state index contributed by atoms with van der Waals surface area (Å²) in [5, 5.41) is 5.32. The van der Waals surface area contributed by atoms with Crippen LogP contribution in [0.15, 0.2) is 29.6 Å². The predicted molar refractivity (Wildman–Crippen MR) is 104 cm³/mol. The van der Waals surface area contributed by atoms with Gasteiger partial charge in [0.05, 0.1) is 7.11 Å². The Morgan fingerprint density at radius 3 is 2.52 bits per heavy atom. The third-order valence-electron chi connectivity index (χ3n) is 4.60. The number of rotatable bonds is 6. The third kappa shape index (κ3) is 5.53. The summed E-state index contributed by atoms with van der Waals surface area (Å²) in [4.78, 5) is 28.5. The number of nitrogens with zero attached hydrogens (tertiary/aromatic N) is 1. The fraction of sp³-hybridized carbons (Fsp3) is 0.450. The quantitative estimate of drug-likeness (QED) is 0.601. The van der Waals surface area contributed by atoms with E-state index < -0.39 is 5.97 Å². The van der Waals surface area contributed by atoms with Gasteiger partial charge in [0.25, 0.3) is 5.91 Å². The van der Waals surface area contributed by atoms with Gasteiger partial charge in [0, 0.05) is 17.0 Å². The first-order chi connectivity index (χ1) is 13.2. The Kier molecular flexibility index (Phi) is 6.81. The topological polar surface area (TPSA) is 77.5 Å². The summed E-state index contributed by atoms with van der Waals surface area (Å²) in [6, 6.07) is 7.64. The second-order valence-electron chi connectivity index (χ2n) is 6.60. The first-order valence-electron chi connectivity index (χ1n) is 9.22. The van der Waals surface area contributed by atoms with Gasteiger partial charge in [0.15, 0.2) is 12.3 Å². The van der Waals surface area contributed by atoms with Gasteiger partial charge in [-0.2, -0.15) is 0 Å². The normalized spacial score (nSPS) is 15.0. The largest absolute Gasteiger partial charge is 0.497 e. The van der Waals surface area contributed by atoms with Crippen LogP contribution in [0.25, 0.3) is 10.6 Å². The maximum atomic E-state index is 12.2. The molecular formula is C20H24N2O4S. The highest BCUT2D eigenvalue weighted by molar-refractivity contribution is 7.13. The minimum Gasteiger partial charge on any atom is -0.497 e. The standard InChI is InChI=1S/C20H24N2O4S/c1-25-16-10-8-14(9-11-16)19-22-17(13-27-19)20(24)26-12-18(23)21-15-6-4-2-3-5-7-15/h8-11,13,15H,2-7,12H2,1H3,(H,21,23). The van der Waals surface area contributed by atoms with E-state index >= 15 is 0 Å². The van der Waals surface area contributed by atoms with E-state index in [2.05, 4.69) is 10.3 Å². The Labute approximate surface area is 162 Å². The Bertz CT molecular complexity index is 765. The molecule has 2 aromatic rings. The first kappa shape index (κ1) is 19.4. The number of hydrogen-bond donors (Lipinski definition) is 1. The van der Waals surface area contributed by atoms with Crippen LogP contribution in [-0.4, -0.2) is 36.6 Å². The fourth-order valence-corrected chi connectivity index (χ4v) is 3.93. The first-order valence-corrected chi connectivity index (χ1v) is 10.1. The monoisotopic (exact) mass is 388 g/mol. The van der Waals surface area contributed by atoms with Gasteiger partial charge in [-0.15, -0.1) is 11.3 Å². The van der Waals surface area contributed by atoms with Gasteiger partial charge in [-0.1, -0.05) is 25.7 Å². The summed E-state index contributed by atoms with van der Waals surface area (Å²) in [7, 11) is 1.61. The Morgan fingerprint density at radius 2 is 1.85 bits per heavy atom. The molecule has 1 aromatic carbocycles. The van der Waals surface area contributed by atoms with Crippen LogP contribution in [0.5, 0.6) is 5.75 Å². The van der Waals surface area contributed by atoms with Crippen molar-refractivity contribution in [2.75, 3.05) is 13.7 Å². The number of esters is 1. The van der Waals surface area contributed by atoms with Crippen molar-refractivity contribution in [2.45, 2.75) is 44.6 Å². The molecule has 1 aliphatic carbocycles. The van der Waals surface area contributed by atoms with E-state index in [-0.39, 0.29) is 24.2 Å². The van der Waals surface area contributed by atoms with Crippen molar-refractivity contribution in [1.29, 1.82) is 0 Å². The number of carbonyl (C=O) groups is 2. The third-order valence-corrected chi connectivity index (χ3v) is 5.50. The van der Waals surface area contributed by atoms with Crippen LogP contribution < -0.4 is 10.1 Å². The van der Waals surface area contributed by atoms with Gasteiger partial charge in [-0.3, -0.25) is 4.79 Å². The van der Waals surface area contributed by atoms with E-state index in [0.717, 1.165) is 37.0 Å². The Morgan fingerprint density at radius 1 is 1.15 bits per heavy atom. The Hall–Kier alpha value is -2.41. The SMILES string of the molecule is COc1ccc(-c2nc(C(=O)OCC(=O)NC3CCCCCC3)cs2)cc1. The lowest BCUT2D eigenvalue weighted by Crippen LogP contribution is -2.37. The molecule has 3 rings (SSSR count). The molecule has 144 valence electrons. The molecule has 0 bridgehead atoms. The number of benzene rings is 1. The second-order valence-corrected chi connectivity index (χ2v) is 7.46. The summed E-state index contributed by atoms with van der Waals surface area (Å²) in [5.41, 5.74) is 1.11. The number of thiazole rings is 1. The number of ether oxygens (including phenoxy) is 2. The van der Waals surface area contributed by atoms with Gasteiger partial charge in [-0.05, 0) is 37.1 Å². The molecule has 1 heterocycles. The molecule has 0 atom stereocenters. The average molecular weight is 388 g/mol. The number of hydrogen-bond acceptors (Lipinski definition) is 6. The lowest BCUT2D eigenvalue weighted by Gasteiger charge is -2.15. The molecule has 1 aliphatic rings. The molecule has 7 heteroatoms. The van der Waals surface area contributed by atoms with E-state index in [1.54, 1.807) is 12.5 Å². The molecule has 1 N–H and O–H groups in total. The smallest absolute Gasteiger partial charge is 0.358 e. The van der Waals surface area contributed by atoms with Crippen LogP contribution in [0.4, 0.5) is 0 Å². The molecule has 1 fully saturated rings. The van der Waals surface area contributed by atoms with E-state index in [0.29, 0.717) is 5.01 Å². The zero-order valence-corrected chi connectivity index (χ0v) is 16.2. The van der Waals surface area contributed by atoms with E-state index in [4.69, 9.17) is 9.47 Å². The van der Waals surface area contributed by atoms with Crippen LogP contribution in [0.2, 0.25) is 0 Å². The molecule has 0 spiro atoms. The number of amides is 1. The van der Waals surface area contributed by atoms with Crippen LogP contribution in [0.1, 0.15) is 49.0 Å². The molecule has 0 unspecified atom stereocenters. The zero-order valence-electron chi connectivity index (χ0n) is 15.4. The van der Waals surface area contributed by atoms with Crippen molar-refractivity contribution in [3.05, 3.63) is 35.3 Å². The highest BCUT2D eigenvalue weighted by Gasteiger charge is 2.18. The molecule has 0 aliphatic heterocycles. The predicted octanol–water partition coefficient (Wildman–Crippen LogP) is 3.81. The highest BCUT2D eigenvalue weighted by Crippen LogP contribution is 2.26. The summed E-state index contributed by atoms with van der Waals surface area (Å²) in [6.45, 7) is -0.273. The average Bonchev–Trinajstić information content (AvgIpc) is 3.05. The Balaban J connectivity index is 1.50. The fourth-order valence-electron chi connectivity index (χ4n) is 3.13. The van der Waals surface area contributed by atoms with Crippen LogP contribution in [-0.2, 0) is 9.53 Å². The minimum atomic E-state index is -0.581. The van der Waals surface area contributed by atoms with Gasteiger partial charge < -0.3 is 14.8 Å². The maximum absolute atomic E-state index is 12.2. The molecule has 27 heavy (non-hydrogen) atoms. The van der Waals surface area contributed by atoms with Gasteiger partial charge >= 0.3 is 5.97 Å². The lowest BCUT2D eigenvalue weighted by molar-refractivity contribution is -0.125. The van der Waals surface area contributed by atoms with Crippen LogP contribution in [0, 0.1) is 0 Å². The van der Waals surface area contributed by atoms with Crippen LogP contribution >= 0.6 is 11.3 Å². The van der Waals surface area contributed by atoms with E-state index in [1.807, 2.05) is 24.3 Å². The zero-order chi connectivity index (χ0) is 19.1. The molecular weight excluding hydrogens is 364 g/mol. The number of nitrogens with one attached hydrogen (secondary N) is 1. The summed E-state index contributed by atoms with van der Waals surface area (Å²) in [6.07, 6.45) is 6.72. The van der Waals surface area contributed by atoms with Crippen molar-refractivity contribution in [2.24, 2.45) is 0 Å². The lowest BCUT2D eigenvalue weighted by atomic mass is 10.1. The number of carbonyl (C=O) groups excluding carboxylic acids is 2. The molecule has 0 radical (unpaired) electrons. The molecule has 6 nitrogen and oxygen atoms in total. The van der Waals surface area contributed by atoms with Gasteiger partial charge in [0.2, 0.25) is 0 Å². The van der Waals surface area contributed by atoms with E-state index in [9.17, 15) is 9.59 Å². The number of aromatic nitrogens is 1. The minimum absolute atomic E-state index is 0.194. The molecule has 1 aromatic heterocycles. The summed E-state index contributed by atoms with van der Waals surface area (Å²) in [5.74, 6) is -0.0718. The summed E-state index contributed by atoms with van der Waals surface area (Å²) >= 11 is 1.36. The van der Waals surface area contributed by atoms with Crippen molar-refractivity contribution in [3.8, 4) is 16.3 Å². The summed E-state index contributed by atoms with van der Waals surface area (Å²) < 4.78 is 10.3. The van der Waals surface area contributed by atoms with Crippen LogP contribution in [0.3, 0.4) is 0 Å². The number of methoxy groups -OCH3 is 1. The molecule has 1 amide bonds. The van der Waals surface area contributed by atoms with Crippen molar-refractivity contribution < 1.29 is 19.1 Å². The highest BCUT2D eigenvalue weighted by atomic mass is 32.1. The maximum Gasteiger partial charge on any atom is 0.358 e. The van der Waals surface area contributed by atoms with Gasteiger partial charge in [0.1, 0.15) is 10.8 Å². The van der Waals surface area contributed by atoms with Gasteiger partial charge in [-0.25, -0.2) is 9.78 Å². The van der Waals surface area contributed by atoms with Crippen molar-refractivity contribution in [3.63, 3.8) is 0 Å². The van der Waals surface area contributed by atoms with Crippen molar-refractivity contribution in [1.82, 2.24) is 10.3 Å². The van der Waals surface area contributed by atoms with E-state index in [1.165, 1.54) is 24.2 Å². The second kappa shape index (κ2) is 9.50.